The van der Waals surface area contributed by atoms with Crippen LogP contribution in [-0.4, -0.2) is 39.3 Å². The summed E-state index contributed by atoms with van der Waals surface area (Å²) in [7, 11) is 0. The van der Waals surface area contributed by atoms with Gasteiger partial charge in [0.1, 0.15) is 23.4 Å². The maximum atomic E-state index is 11.4. The fourth-order valence-electron chi connectivity index (χ4n) is 2.94. The van der Waals surface area contributed by atoms with E-state index in [4.69, 9.17) is 21.1 Å². The molecule has 3 heterocycles. The summed E-state index contributed by atoms with van der Waals surface area (Å²) < 4.78 is 13.8. The van der Waals surface area contributed by atoms with Gasteiger partial charge in [-0.05, 0) is 26.3 Å². The molecule has 0 spiro atoms. The number of halogens is 1. The Morgan fingerprint density at radius 3 is 2.96 bits per heavy atom. The van der Waals surface area contributed by atoms with Crippen molar-refractivity contribution in [2.24, 2.45) is 0 Å². The van der Waals surface area contributed by atoms with Crippen LogP contribution in [0.4, 0.5) is 0 Å². The molecule has 0 radical (unpaired) electrons. The van der Waals surface area contributed by atoms with E-state index in [9.17, 15) is 4.79 Å². The van der Waals surface area contributed by atoms with Gasteiger partial charge in [-0.15, -0.1) is 0 Å². The van der Waals surface area contributed by atoms with E-state index in [1.54, 1.807) is 0 Å². The fraction of sp³-hybridized carbons (Fsp3) is 0.471. The van der Waals surface area contributed by atoms with Crippen LogP contribution in [0.15, 0.2) is 30.2 Å². The Kier molecular flexibility index (Phi) is 4.71. The van der Waals surface area contributed by atoms with Crippen molar-refractivity contribution in [3.8, 4) is 0 Å². The summed E-state index contributed by atoms with van der Waals surface area (Å²) >= 11 is 6.15. The van der Waals surface area contributed by atoms with Gasteiger partial charge < -0.3 is 14.0 Å². The summed E-state index contributed by atoms with van der Waals surface area (Å²) in [4.78, 5) is 19.8. The Morgan fingerprint density at radius 1 is 1.46 bits per heavy atom. The fourth-order valence-corrected chi connectivity index (χ4v) is 3.13. The van der Waals surface area contributed by atoms with Crippen molar-refractivity contribution >= 4 is 28.9 Å². The van der Waals surface area contributed by atoms with Crippen molar-refractivity contribution in [1.82, 2.24) is 14.5 Å². The summed E-state index contributed by atoms with van der Waals surface area (Å²) in [5.41, 5.74) is 1.29. The SMILES string of the molecule is CC[C@H]1OC(C)(C)OC/C(C=O)=C\[C@H]1n1ccc2c(Cl)ncnc21. The van der Waals surface area contributed by atoms with Crippen molar-refractivity contribution in [1.29, 1.82) is 0 Å². The van der Waals surface area contributed by atoms with Crippen LogP contribution in [0.2, 0.25) is 5.15 Å². The standard InChI is InChI=1S/C17H20ClN3O3/c1-4-14-13(7-11(8-22)9-23-17(2,3)24-14)21-6-5-12-15(18)19-10-20-16(12)21/h5-8,10,13-14H,4,9H2,1-3H3/b11-7-/t13-,14-/m1/s1. The number of rotatable bonds is 3. The molecule has 7 heteroatoms. The topological polar surface area (TPSA) is 66.2 Å². The highest BCUT2D eigenvalue weighted by Gasteiger charge is 2.32. The predicted molar refractivity (Wildman–Crippen MR) is 90.9 cm³/mol. The highest BCUT2D eigenvalue weighted by molar-refractivity contribution is 6.33. The first-order valence-corrected chi connectivity index (χ1v) is 8.27. The molecular weight excluding hydrogens is 330 g/mol. The zero-order chi connectivity index (χ0) is 17.3. The summed E-state index contributed by atoms with van der Waals surface area (Å²) in [5.74, 6) is -0.781. The lowest BCUT2D eigenvalue weighted by atomic mass is 10.0. The van der Waals surface area contributed by atoms with E-state index >= 15 is 0 Å². The van der Waals surface area contributed by atoms with Gasteiger partial charge in [-0.3, -0.25) is 4.79 Å². The van der Waals surface area contributed by atoms with Crippen molar-refractivity contribution < 1.29 is 14.3 Å². The van der Waals surface area contributed by atoms with Gasteiger partial charge in [0.05, 0.1) is 24.1 Å². The number of hydrogen-bond acceptors (Lipinski definition) is 5. The highest BCUT2D eigenvalue weighted by Crippen LogP contribution is 2.32. The normalized spacial score (nSPS) is 26.4. The van der Waals surface area contributed by atoms with Crippen LogP contribution < -0.4 is 0 Å². The van der Waals surface area contributed by atoms with Crippen LogP contribution in [0.25, 0.3) is 11.0 Å². The molecule has 0 amide bonds. The maximum Gasteiger partial charge on any atom is 0.163 e. The lowest BCUT2D eigenvalue weighted by Crippen LogP contribution is -2.39. The molecule has 2 aromatic heterocycles. The Morgan fingerprint density at radius 2 is 2.25 bits per heavy atom. The number of aldehydes is 1. The summed E-state index contributed by atoms with van der Waals surface area (Å²) in [6, 6.07) is 1.68. The van der Waals surface area contributed by atoms with Gasteiger partial charge in [-0.25, -0.2) is 9.97 Å². The van der Waals surface area contributed by atoms with E-state index in [1.165, 1.54) is 6.33 Å². The number of ether oxygens (including phenoxy) is 2. The minimum absolute atomic E-state index is 0.181. The van der Waals surface area contributed by atoms with Gasteiger partial charge in [0, 0.05) is 11.8 Å². The predicted octanol–water partition coefficient (Wildman–Crippen LogP) is 3.31. The lowest BCUT2D eigenvalue weighted by Gasteiger charge is -2.36. The number of carbonyl (C=O) groups excluding carboxylic acids is 1. The quantitative estimate of drug-likeness (QED) is 0.628. The first kappa shape index (κ1) is 17.1. The molecule has 0 aromatic carbocycles. The largest absolute Gasteiger partial charge is 0.346 e. The molecule has 2 aromatic rings. The molecule has 2 atom stereocenters. The number of aromatic nitrogens is 3. The Bertz CT molecular complexity index is 784. The minimum atomic E-state index is -0.781. The third-order valence-electron chi connectivity index (χ3n) is 4.12. The second-order valence-corrected chi connectivity index (χ2v) is 6.59. The molecular formula is C17H20ClN3O3. The van der Waals surface area contributed by atoms with Crippen molar-refractivity contribution in [3.05, 3.63) is 35.4 Å². The number of carbonyl (C=O) groups is 1. The molecule has 6 nitrogen and oxygen atoms in total. The molecule has 0 saturated carbocycles. The van der Waals surface area contributed by atoms with E-state index in [1.807, 2.05) is 43.7 Å². The zero-order valence-electron chi connectivity index (χ0n) is 13.9. The third-order valence-corrected chi connectivity index (χ3v) is 4.42. The first-order valence-electron chi connectivity index (χ1n) is 7.90. The molecule has 0 bridgehead atoms. The van der Waals surface area contributed by atoms with Crippen LogP contribution in [0, 0.1) is 0 Å². The van der Waals surface area contributed by atoms with Gasteiger partial charge >= 0.3 is 0 Å². The Labute approximate surface area is 145 Å². The third kappa shape index (κ3) is 3.22. The van der Waals surface area contributed by atoms with E-state index < -0.39 is 5.79 Å². The summed E-state index contributed by atoms with van der Waals surface area (Å²) in [6.07, 6.45) is 6.61. The molecule has 1 aliphatic heterocycles. The smallest absolute Gasteiger partial charge is 0.163 e. The molecule has 3 rings (SSSR count). The molecule has 0 unspecified atom stereocenters. The van der Waals surface area contributed by atoms with Crippen LogP contribution in [0.1, 0.15) is 33.2 Å². The highest BCUT2D eigenvalue weighted by atomic mass is 35.5. The Hall–Kier alpha value is -1.76. The molecule has 128 valence electrons. The van der Waals surface area contributed by atoms with Crippen LogP contribution >= 0.6 is 11.6 Å². The van der Waals surface area contributed by atoms with Gasteiger partial charge in [0.2, 0.25) is 0 Å². The maximum absolute atomic E-state index is 11.4. The van der Waals surface area contributed by atoms with Gasteiger partial charge in [-0.2, -0.15) is 0 Å². The number of nitrogens with zero attached hydrogens (tertiary/aromatic N) is 3. The molecule has 0 aliphatic carbocycles. The summed E-state index contributed by atoms with van der Waals surface area (Å²) in [6.45, 7) is 5.95. The molecule has 1 aliphatic rings. The van der Waals surface area contributed by atoms with E-state index in [-0.39, 0.29) is 18.8 Å². The van der Waals surface area contributed by atoms with Gasteiger partial charge in [0.15, 0.2) is 5.79 Å². The lowest BCUT2D eigenvalue weighted by molar-refractivity contribution is -0.240. The molecule has 0 fully saturated rings. The summed E-state index contributed by atoms with van der Waals surface area (Å²) in [5, 5.41) is 1.18. The van der Waals surface area contributed by atoms with Crippen LogP contribution in [0.5, 0.6) is 0 Å². The van der Waals surface area contributed by atoms with Crippen molar-refractivity contribution in [2.45, 2.75) is 45.1 Å². The van der Waals surface area contributed by atoms with Gasteiger partial charge in [-0.1, -0.05) is 24.6 Å². The van der Waals surface area contributed by atoms with Crippen LogP contribution in [0.3, 0.4) is 0 Å². The van der Waals surface area contributed by atoms with E-state index in [2.05, 4.69) is 9.97 Å². The Balaban J connectivity index is 2.14. The second kappa shape index (κ2) is 6.63. The monoisotopic (exact) mass is 349 g/mol. The van der Waals surface area contributed by atoms with Crippen molar-refractivity contribution in [3.63, 3.8) is 0 Å². The van der Waals surface area contributed by atoms with Crippen LogP contribution in [-0.2, 0) is 14.3 Å². The molecule has 0 saturated heterocycles. The molecule has 24 heavy (non-hydrogen) atoms. The minimum Gasteiger partial charge on any atom is -0.346 e. The van der Waals surface area contributed by atoms with E-state index in [0.717, 1.165) is 18.1 Å². The second-order valence-electron chi connectivity index (χ2n) is 6.23. The average molecular weight is 350 g/mol. The number of fused-ring (bicyclic) bond motifs is 1. The van der Waals surface area contributed by atoms with E-state index in [0.29, 0.717) is 16.4 Å². The average Bonchev–Trinajstić information content (AvgIpc) is 2.97. The first-order chi connectivity index (χ1) is 11.4. The molecule has 0 N–H and O–H groups in total. The zero-order valence-corrected chi connectivity index (χ0v) is 14.7. The van der Waals surface area contributed by atoms with Crippen molar-refractivity contribution in [2.75, 3.05) is 6.61 Å². The number of hydrogen-bond donors (Lipinski definition) is 0. The van der Waals surface area contributed by atoms with Gasteiger partial charge in [0.25, 0.3) is 0 Å².